The number of fused-ring (bicyclic) bond motifs is 1. The largest absolute Gasteiger partial charge is 0.493 e. The fourth-order valence-electron chi connectivity index (χ4n) is 1.84. The predicted molar refractivity (Wildman–Crippen MR) is 74.5 cm³/mol. The lowest BCUT2D eigenvalue weighted by atomic mass is 10.3. The maximum Gasteiger partial charge on any atom is 0.325 e. The molecule has 0 aliphatic rings. The molecule has 0 fully saturated rings. The number of methoxy groups -OCH3 is 3. The van der Waals surface area contributed by atoms with Gasteiger partial charge in [0, 0.05) is 19.2 Å². The molecule has 1 N–H and O–H groups in total. The molecule has 108 valence electrons. The van der Waals surface area contributed by atoms with Gasteiger partial charge in [-0.05, 0) is 0 Å². The number of aromatic nitrogens is 2. The van der Waals surface area contributed by atoms with Gasteiger partial charge in [-0.1, -0.05) is 0 Å². The Kier molecular flexibility index (Phi) is 3.97. The highest BCUT2D eigenvalue weighted by Crippen LogP contribution is 2.31. The van der Waals surface area contributed by atoms with Gasteiger partial charge in [-0.3, -0.25) is 4.79 Å². The molecule has 1 heterocycles. The molecule has 1 aromatic heterocycles. The molecule has 1 aromatic carbocycles. The summed E-state index contributed by atoms with van der Waals surface area (Å²) in [5, 5.41) is 0. The van der Waals surface area contributed by atoms with E-state index >= 15 is 0 Å². The maximum absolute atomic E-state index is 11.3. The zero-order valence-corrected chi connectivity index (χ0v) is 11.9. The minimum absolute atomic E-state index is 0.116. The smallest absolute Gasteiger partial charge is 0.325 e. The Morgan fingerprint density at radius 2 is 1.90 bits per heavy atom. The van der Waals surface area contributed by atoms with Gasteiger partial charge in [-0.15, -0.1) is 0 Å². The third-order valence-electron chi connectivity index (χ3n) is 2.93. The van der Waals surface area contributed by atoms with Gasteiger partial charge in [0.25, 0.3) is 0 Å². The molecule has 0 aliphatic heterocycles. The van der Waals surface area contributed by atoms with Crippen LogP contribution in [-0.2, 0) is 9.53 Å². The fraction of sp³-hybridized carbons (Fsp3) is 0.385. The van der Waals surface area contributed by atoms with E-state index in [1.807, 2.05) is 0 Å². The number of benzene rings is 1. The molecule has 2 aromatic rings. The van der Waals surface area contributed by atoms with Gasteiger partial charge in [-0.2, -0.15) is 0 Å². The molecule has 0 amide bonds. The van der Waals surface area contributed by atoms with Gasteiger partial charge in [-0.25, -0.2) is 4.98 Å². The van der Waals surface area contributed by atoms with Crippen molar-refractivity contribution in [2.75, 3.05) is 39.8 Å². The van der Waals surface area contributed by atoms with E-state index in [-0.39, 0.29) is 12.5 Å². The number of carbonyl (C=O) groups is 1. The number of likely N-dealkylation sites (N-methyl/N-ethyl adjacent to an activating group) is 1. The summed E-state index contributed by atoms with van der Waals surface area (Å²) in [5.41, 5.74) is 1.53. The average molecular weight is 279 g/mol. The van der Waals surface area contributed by atoms with Crippen molar-refractivity contribution in [1.29, 1.82) is 0 Å². The van der Waals surface area contributed by atoms with E-state index in [0.717, 1.165) is 11.0 Å². The number of rotatable bonds is 5. The van der Waals surface area contributed by atoms with Crippen LogP contribution in [0, 0.1) is 0 Å². The number of H-pyrrole nitrogens is 1. The first-order chi connectivity index (χ1) is 9.58. The molecule has 7 heteroatoms. The molecule has 7 nitrogen and oxygen atoms in total. The van der Waals surface area contributed by atoms with Gasteiger partial charge < -0.3 is 24.1 Å². The summed E-state index contributed by atoms with van der Waals surface area (Å²) in [5.74, 6) is 1.46. The van der Waals surface area contributed by atoms with Crippen molar-refractivity contribution >= 4 is 23.0 Å². The number of aromatic amines is 1. The number of imidazole rings is 1. The first-order valence-corrected chi connectivity index (χ1v) is 5.98. The monoisotopic (exact) mass is 279 g/mol. The average Bonchev–Trinajstić information content (AvgIpc) is 2.88. The molecule has 0 unspecified atom stereocenters. The number of nitrogens with one attached hydrogen (secondary N) is 1. The zero-order valence-electron chi connectivity index (χ0n) is 11.9. The van der Waals surface area contributed by atoms with Crippen molar-refractivity contribution < 1.29 is 19.0 Å². The summed E-state index contributed by atoms with van der Waals surface area (Å²) >= 11 is 0. The zero-order chi connectivity index (χ0) is 14.7. The number of esters is 1. The second-order valence-electron chi connectivity index (χ2n) is 4.22. The molecule has 20 heavy (non-hydrogen) atoms. The standard InChI is InChI=1S/C13H17N3O4/c1-16(7-12(17)20-4)13-14-8-5-10(18-2)11(19-3)6-9(8)15-13/h5-6H,7H2,1-4H3,(H,14,15). The van der Waals surface area contributed by atoms with Crippen LogP contribution in [0.1, 0.15) is 0 Å². The number of ether oxygens (including phenoxy) is 3. The quantitative estimate of drug-likeness (QED) is 0.828. The van der Waals surface area contributed by atoms with E-state index in [2.05, 4.69) is 14.7 Å². The van der Waals surface area contributed by atoms with E-state index in [9.17, 15) is 4.79 Å². The van der Waals surface area contributed by atoms with Crippen LogP contribution in [0.4, 0.5) is 5.95 Å². The van der Waals surface area contributed by atoms with Gasteiger partial charge in [0.2, 0.25) is 5.95 Å². The van der Waals surface area contributed by atoms with E-state index in [0.29, 0.717) is 17.4 Å². The number of hydrogen-bond donors (Lipinski definition) is 1. The van der Waals surface area contributed by atoms with E-state index in [1.54, 1.807) is 38.3 Å². The molecule has 0 saturated carbocycles. The van der Waals surface area contributed by atoms with Crippen LogP contribution < -0.4 is 14.4 Å². The maximum atomic E-state index is 11.3. The third-order valence-corrected chi connectivity index (χ3v) is 2.93. The molecule has 2 rings (SSSR count). The second kappa shape index (κ2) is 5.68. The molecule has 0 saturated heterocycles. The Morgan fingerprint density at radius 3 is 2.50 bits per heavy atom. The molecule has 0 aliphatic carbocycles. The van der Waals surface area contributed by atoms with Gasteiger partial charge in [0.05, 0.1) is 32.4 Å². The summed E-state index contributed by atoms with van der Waals surface area (Å²) < 4.78 is 15.1. The molecule has 0 atom stereocenters. The van der Waals surface area contributed by atoms with Crippen molar-refractivity contribution in [3.8, 4) is 11.5 Å². The van der Waals surface area contributed by atoms with Gasteiger partial charge >= 0.3 is 5.97 Å². The Balaban J connectivity index is 2.35. The van der Waals surface area contributed by atoms with Crippen molar-refractivity contribution in [2.45, 2.75) is 0 Å². The van der Waals surface area contributed by atoms with E-state index in [4.69, 9.17) is 9.47 Å². The van der Waals surface area contributed by atoms with Crippen molar-refractivity contribution in [1.82, 2.24) is 9.97 Å². The number of anilines is 1. The van der Waals surface area contributed by atoms with Gasteiger partial charge in [0.1, 0.15) is 6.54 Å². The third kappa shape index (κ3) is 2.61. The summed E-state index contributed by atoms with van der Waals surface area (Å²) in [4.78, 5) is 20.5. The summed E-state index contributed by atoms with van der Waals surface area (Å²) in [6, 6.07) is 3.58. The predicted octanol–water partition coefficient (Wildman–Crippen LogP) is 1.19. The van der Waals surface area contributed by atoms with Crippen molar-refractivity contribution in [2.24, 2.45) is 0 Å². The molecular formula is C13H17N3O4. The first kappa shape index (κ1) is 14.0. The second-order valence-corrected chi connectivity index (χ2v) is 4.22. The molecule has 0 bridgehead atoms. The summed E-state index contributed by atoms with van der Waals surface area (Å²) in [7, 11) is 6.25. The fourth-order valence-corrected chi connectivity index (χ4v) is 1.84. The van der Waals surface area contributed by atoms with Crippen LogP contribution in [0.15, 0.2) is 12.1 Å². The Hall–Kier alpha value is -2.44. The minimum atomic E-state index is -0.330. The van der Waals surface area contributed by atoms with Crippen LogP contribution in [0.3, 0.4) is 0 Å². The van der Waals surface area contributed by atoms with Crippen LogP contribution in [0.5, 0.6) is 11.5 Å². The number of hydrogen-bond acceptors (Lipinski definition) is 6. The highest BCUT2D eigenvalue weighted by atomic mass is 16.5. The summed E-state index contributed by atoms with van der Waals surface area (Å²) in [6.07, 6.45) is 0. The van der Waals surface area contributed by atoms with E-state index in [1.165, 1.54) is 7.11 Å². The minimum Gasteiger partial charge on any atom is -0.493 e. The lowest BCUT2D eigenvalue weighted by Gasteiger charge is -2.13. The molecule has 0 spiro atoms. The molecule has 0 radical (unpaired) electrons. The lowest BCUT2D eigenvalue weighted by Crippen LogP contribution is -2.27. The van der Waals surface area contributed by atoms with Crippen LogP contribution in [-0.4, -0.2) is 50.9 Å². The van der Waals surface area contributed by atoms with Crippen LogP contribution in [0.2, 0.25) is 0 Å². The van der Waals surface area contributed by atoms with E-state index < -0.39 is 0 Å². The normalized spacial score (nSPS) is 10.4. The Labute approximate surface area is 116 Å². The summed E-state index contributed by atoms with van der Waals surface area (Å²) in [6.45, 7) is 0.116. The SMILES string of the molecule is COC(=O)CN(C)c1nc2cc(OC)c(OC)cc2[nH]1. The number of carbonyl (C=O) groups excluding carboxylic acids is 1. The van der Waals surface area contributed by atoms with Crippen LogP contribution >= 0.6 is 0 Å². The first-order valence-electron chi connectivity index (χ1n) is 5.98. The highest BCUT2D eigenvalue weighted by Gasteiger charge is 2.14. The van der Waals surface area contributed by atoms with Gasteiger partial charge in [0.15, 0.2) is 11.5 Å². The van der Waals surface area contributed by atoms with Crippen molar-refractivity contribution in [3.63, 3.8) is 0 Å². The van der Waals surface area contributed by atoms with Crippen LogP contribution in [0.25, 0.3) is 11.0 Å². The topological polar surface area (TPSA) is 76.7 Å². The Morgan fingerprint density at radius 1 is 1.25 bits per heavy atom. The molecular weight excluding hydrogens is 262 g/mol. The van der Waals surface area contributed by atoms with Crippen molar-refractivity contribution in [3.05, 3.63) is 12.1 Å². The number of nitrogens with zero attached hydrogens (tertiary/aromatic N) is 2. The lowest BCUT2D eigenvalue weighted by molar-refractivity contribution is -0.138. The highest BCUT2D eigenvalue weighted by molar-refractivity contribution is 5.82. The Bertz CT molecular complexity index is 582.